The largest absolute Gasteiger partial charge is 0.281 e. The molecule has 0 bridgehead atoms. The van der Waals surface area contributed by atoms with Gasteiger partial charge in [-0.3, -0.25) is 0 Å². The minimum Gasteiger partial charge on any atom is -0.195 e. The molecule has 1 aliphatic heterocycles. The first kappa shape index (κ1) is 10.9. The molecular formula is C8H18N2O2S. The van der Waals surface area contributed by atoms with Gasteiger partial charge in [0, 0.05) is 26.7 Å². The number of hydrogen-bond acceptors (Lipinski definition) is 2. The molecule has 0 aromatic heterocycles. The lowest BCUT2D eigenvalue weighted by molar-refractivity contribution is 0.177. The predicted molar refractivity (Wildman–Crippen MR) is 52.6 cm³/mol. The topological polar surface area (TPSA) is 40.6 Å². The van der Waals surface area contributed by atoms with E-state index >= 15 is 0 Å². The highest BCUT2D eigenvalue weighted by Gasteiger charge is 2.38. The zero-order valence-electron chi connectivity index (χ0n) is 8.74. The molecule has 78 valence electrons. The van der Waals surface area contributed by atoms with E-state index in [-0.39, 0.29) is 5.41 Å². The van der Waals surface area contributed by atoms with Crippen LogP contribution in [0.5, 0.6) is 0 Å². The van der Waals surface area contributed by atoms with Crippen molar-refractivity contribution in [2.45, 2.75) is 20.8 Å². The van der Waals surface area contributed by atoms with Crippen molar-refractivity contribution < 1.29 is 8.42 Å². The van der Waals surface area contributed by atoms with E-state index in [1.807, 2.05) is 6.92 Å². The van der Waals surface area contributed by atoms with Crippen LogP contribution in [-0.2, 0) is 10.2 Å². The van der Waals surface area contributed by atoms with Gasteiger partial charge in [0.1, 0.15) is 0 Å². The molecule has 1 fully saturated rings. The van der Waals surface area contributed by atoms with Gasteiger partial charge in [0.2, 0.25) is 0 Å². The molecule has 0 radical (unpaired) electrons. The van der Waals surface area contributed by atoms with Crippen molar-refractivity contribution in [3.63, 3.8) is 0 Å². The average Bonchev–Trinajstić information content (AvgIpc) is 1.97. The van der Waals surface area contributed by atoms with Gasteiger partial charge in [0.25, 0.3) is 10.2 Å². The van der Waals surface area contributed by atoms with Crippen molar-refractivity contribution in [1.82, 2.24) is 8.61 Å². The molecule has 0 N–H and O–H groups in total. The molecule has 4 nitrogen and oxygen atoms in total. The zero-order chi connectivity index (χ0) is 10.3. The van der Waals surface area contributed by atoms with E-state index in [1.165, 1.54) is 8.61 Å². The second kappa shape index (κ2) is 3.22. The SMILES string of the molecule is CCN1CC(C)(C)CN(C)S1(=O)=O. The molecule has 1 aliphatic rings. The Hall–Kier alpha value is -0.130. The summed E-state index contributed by atoms with van der Waals surface area (Å²) in [4.78, 5) is 0. The van der Waals surface area contributed by atoms with E-state index in [4.69, 9.17) is 0 Å². The molecule has 0 atom stereocenters. The third kappa shape index (κ3) is 2.03. The van der Waals surface area contributed by atoms with Crippen LogP contribution in [0.25, 0.3) is 0 Å². The Kier molecular flexibility index (Phi) is 2.71. The van der Waals surface area contributed by atoms with Gasteiger partial charge in [-0.2, -0.15) is 17.0 Å². The minimum absolute atomic E-state index is 0.0517. The molecule has 5 heteroatoms. The quantitative estimate of drug-likeness (QED) is 0.628. The standard InChI is InChI=1S/C8H18N2O2S/c1-5-10-7-8(2,3)6-9(4)13(10,11)12/h5-7H2,1-4H3. The van der Waals surface area contributed by atoms with Crippen LogP contribution < -0.4 is 0 Å². The molecular weight excluding hydrogens is 188 g/mol. The first-order valence-electron chi connectivity index (χ1n) is 4.51. The molecule has 0 saturated carbocycles. The van der Waals surface area contributed by atoms with Crippen molar-refractivity contribution in [1.29, 1.82) is 0 Å². The second-order valence-corrected chi connectivity index (χ2v) is 6.39. The summed E-state index contributed by atoms with van der Waals surface area (Å²) in [6.07, 6.45) is 0. The van der Waals surface area contributed by atoms with E-state index in [1.54, 1.807) is 7.05 Å². The van der Waals surface area contributed by atoms with Gasteiger partial charge in [-0.1, -0.05) is 20.8 Å². The molecule has 0 spiro atoms. The number of hydrogen-bond donors (Lipinski definition) is 0. The van der Waals surface area contributed by atoms with Crippen LogP contribution in [0.15, 0.2) is 0 Å². The molecule has 1 saturated heterocycles. The van der Waals surface area contributed by atoms with Crippen molar-refractivity contribution >= 4 is 10.2 Å². The summed E-state index contributed by atoms with van der Waals surface area (Å²) < 4.78 is 26.3. The van der Waals surface area contributed by atoms with Gasteiger partial charge in [0.15, 0.2) is 0 Å². The van der Waals surface area contributed by atoms with Crippen LogP contribution >= 0.6 is 0 Å². The summed E-state index contributed by atoms with van der Waals surface area (Å²) in [6.45, 7) is 7.81. The maximum absolute atomic E-state index is 11.7. The summed E-state index contributed by atoms with van der Waals surface area (Å²) in [5.41, 5.74) is 0.0517. The highest BCUT2D eigenvalue weighted by molar-refractivity contribution is 7.86. The first-order valence-corrected chi connectivity index (χ1v) is 5.91. The Labute approximate surface area is 80.7 Å². The smallest absolute Gasteiger partial charge is 0.195 e. The van der Waals surface area contributed by atoms with Crippen LogP contribution in [0.1, 0.15) is 20.8 Å². The van der Waals surface area contributed by atoms with Gasteiger partial charge in [-0.25, -0.2) is 0 Å². The zero-order valence-corrected chi connectivity index (χ0v) is 9.56. The summed E-state index contributed by atoms with van der Waals surface area (Å²) in [5.74, 6) is 0. The Bertz CT molecular complexity index is 285. The monoisotopic (exact) mass is 206 g/mol. The van der Waals surface area contributed by atoms with E-state index in [2.05, 4.69) is 13.8 Å². The van der Waals surface area contributed by atoms with E-state index in [0.29, 0.717) is 19.6 Å². The molecule has 1 heterocycles. The fourth-order valence-electron chi connectivity index (χ4n) is 1.77. The summed E-state index contributed by atoms with van der Waals surface area (Å²) >= 11 is 0. The van der Waals surface area contributed by atoms with Gasteiger partial charge >= 0.3 is 0 Å². The van der Waals surface area contributed by atoms with Crippen molar-refractivity contribution in [2.24, 2.45) is 5.41 Å². The second-order valence-electron chi connectivity index (χ2n) is 4.35. The molecule has 13 heavy (non-hydrogen) atoms. The fourth-order valence-corrected chi connectivity index (χ4v) is 3.51. The minimum atomic E-state index is -3.16. The molecule has 0 aromatic rings. The maximum Gasteiger partial charge on any atom is 0.281 e. The predicted octanol–water partition coefficient (Wildman–Crippen LogP) is 0.525. The summed E-state index contributed by atoms with van der Waals surface area (Å²) in [7, 11) is -1.52. The van der Waals surface area contributed by atoms with Crippen molar-refractivity contribution in [3.05, 3.63) is 0 Å². The van der Waals surface area contributed by atoms with Crippen LogP contribution in [-0.4, -0.2) is 43.7 Å². The summed E-state index contributed by atoms with van der Waals surface area (Å²) in [5, 5.41) is 0. The van der Waals surface area contributed by atoms with Gasteiger partial charge in [-0.15, -0.1) is 0 Å². The highest BCUT2D eigenvalue weighted by atomic mass is 32.2. The van der Waals surface area contributed by atoms with Crippen molar-refractivity contribution in [2.75, 3.05) is 26.7 Å². The van der Waals surface area contributed by atoms with Crippen LogP contribution in [0.4, 0.5) is 0 Å². The third-order valence-electron chi connectivity index (χ3n) is 2.33. The summed E-state index contributed by atoms with van der Waals surface area (Å²) in [6, 6.07) is 0. The lowest BCUT2D eigenvalue weighted by Crippen LogP contribution is -2.55. The molecule has 0 aliphatic carbocycles. The molecule has 0 unspecified atom stereocenters. The van der Waals surface area contributed by atoms with Crippen LogP contribution in [0.3, 0.4) is 0 Å². The van der Waals surface area contributed by atoms with E-state index < -0.39 is 10.2 Å². The maximum atomic E-state index is 11.7. The molecule has 0 aromatic carbocycles. The van der Waals surface area contributed by atoms with Gasteiger partial charge in [0.05, 0.1) is 0 Å². The van der Waals surface area contributed by atoms with Crippen LogP contribution in [0, 0.1) is 5.41 Å². The lowest BCUT2D eigenvalue weighted by Gasteiger charge is -2.41. The highest BCUT2D eigenvalue weighted by Crippen LogP contribution is 2.27. The molecule has 0 amide bonds. The Morgan fingerprint density at radius 2 is 1.85 bits per heavy atom. The van der Waals surface area contributed by atoms with Crippen molar-refractivity contribution in [3.8, 4) is 0 Å². The Morgan fingerprint density at radius 3 is 2.31 bits per heavy atom. The number of nitrogens with zero attached hydrogens (tertiary/aromatic N) is 2. The first-order chi connectivity index (χ1) is 5.79. The van der Waals surface area contributed by atoms with E-state index in [9.17, 15) is 8.42 Å². The van der Waals surface area contributed by atoms with Gasteiger partial charge < -0.3 is 0 Å². The molecule has 1 rings (SSSR count). The Balaban J connectivity index is 2.95. The van der Waals surface area contributed by atoms with Gasteiger partial charge in [-0.05, 0) is 5.41 Å². The Morgan fingerprint density at radius 1 is 1.31 bits per heavy atom. The average molecular weight is 206 g/mol. The van der Waals surface area contributed by atoms with E-state index in [0.717, 1.165) is 0 Å². The fraction of sp³-hybridized carbons (Fsp3) is 1.00. The third-order valence-corrected chi connectivity index (χ3v) is 4.28. The van der Waals surface area contributed by atoms with Crippen LogP contribution in [0.2, 0.25) is 0 Å². The lowest BCUT2D eigenvalue weighted by atomic mass is 9.93. The number of rotatable bonds is 1. The normalized spacial score (nSPS) is 28.9.